The van der Waals surface area contributed by atoms with Crippen molar-refractivity contribution in [2.24, 2.45) is 5.92 Å². The van der Waals surface area contributed by atoms with Gasteiger partial charge in [0.15, 0.2) is 0 Å². The highest BCUT2D eigenvalue weighted by Gasteiger charge is 2.34. The van der Waals surface area contributed by atoms with Gasteiger partial charge in [0.1, 0.15) is 6.04 Å². The van der Waals surface area contributed by atoms with E-state index >= 15 is 0 Å². The van der Waals surface area contributed by atoms with Gasteiger partial charge in [-0.1, -0.05) is 19.9 Å². The van der Waals surface area contributed by atoms with E-state index in [1.165, 1.54) is 13.0 Å². The van der Waals surface area contributed by atoms with Gasteiger partial charge in [-0.3, -0.25) is 9.10 Å². The Morgan fingerprint density at radius 1 is 1.16 bits per heavy atom. The number of anilines is 1. The number of nitrogens with zero attached hydrogens (tertiary/aromatic N) is 1. The number of rotatable bonds is 6. The quantitative estimate of drug-likeness (QED) is 0.825. The Hall–Kier alpha value is -1.77. The van der Waals surface area contributed by atoms with Gasteiger partial charge in [-0.2, -0.15) is 13.2 Å². The Morgan fingerprint density at radius 2 is 1.72 bits per heavy atom. The lowest BCUT2D eigenvalue weighted by molar-refractivity contribution is -0.137. The fourth-order valence-electron chi connectivity index (χ4n) is 2.14. The Labute approximate surface area is 146 Å². The summed E-state index contributed by atoms with van der Waals surface area (Å²) in [7, 11) is -3.98. The lowest BCUT2D eigenvalue weighted by Gasteiger charge is -2.30. The highest BCUT2D eigenvalue weighted by molar-refractivity contribution is 7.92. The molecule has 0 aliphatic heterocycles. The summed E-state index contributed by atoms with van der Waals surface area (Å²) in [5.74, 6) is -0.458. The number of alkyl halides is 3. The zero-order chi connectivity index (χ0) is 19.6. The number of benzene rings is 1. The Bertz CT molecular complexity index is 718. The van der Waals surface area contributed by atoms with Crippen molar-refractivity contribution in [2.45, 2.75) is 46.0 Å². The second-order valence-electron chi connectivity index (χ2n) is 6.32. The van der Waals surface area contributed by atoms with E-state index in [2.05, 4.69) is 5.32 Å². The molecule has 0 fully saturated rings. The maximum atomic E-state index is 12.9. The summed E-state index contributed by atoms with van der Waals surface area (Å²) in [6, 6.07) is 2.49. The van der Waals surface area contributed by atoms with Crippen LogP contribution < -0.4 is 9.62 Å². The standard InChI is InChI=1S/C16H23F3N2O3S/c1-10(2)11(3)20-15(22)12(4)21(25(5,23)24)14-8-6-7-13(9-14)16(17,18)19/h6-12H,1-5H3,(H,20,22). The van der Waals surface area contributed by atoms with Crippen molar-refractivity contribution in [2.75, 3.05) is 10.6 Å². The zero-order valence-electron chi connectivity index (χ0n) is 14.8. The Kier molecular flexibility index (Phi) is 6.50. The van der Waals surface area contributed by atoms with E-state index in [1.54, 1.807) is 6.92 Å². The van der Waals surface area contributed by atoms with Crippen LogP contribution in [0.3, 0.4) is 0 Å². The third-order valence-electron chi connectivity index (χ3n) is 3.89. The van der Waals surface area contributed by atoms with Crippen molar-refractivity contribution in [3.8, 4) is 0 Å². The van der Waals surface area contributed by atoms with Crippen LogP contribution in [-0.2, 0) is 21.0 Å². The zero-order valence-corrected chi connectivity index (χ0v) is 15.6. The van der Waals surface area contributed by atoms with Crippen molar-refractivity contribution in [1.29, 1.82) is 0 Å². The van der Waals surface area contributed by atoms with Gasteiger partial charge in [0.25, 0.3) is 0 Å². The van der Waals surface area contributed by atoms with Crippen LogP contribution in [0.4, 0.5) is 18.9 Å². The number of halogens is 3. The summed E-state index contributed by atoms with van der Waals surface area (Å²) in [4.78, 5) is 12.4. The van der Waals surface area contributed by atoms with Crippen molar-refractivity contribution < 1.29 is 26.4 Å². The number of carbonyl (C=O) groups is 1. The van der Waals surface area contributed by atoms with Crippen LogP contribution in [0.1, 0.15) is 33.3 Å². The van der Waals surface area contributed by atoms with E-state index in [0.717, 1.165) is 24.5 Å². The lowest BCUT2D eigenvalue weighted by Crippen LogP contribution is -2.50. The smallest absolute Gasteiger partial charge is 0.352 e. The highest BCUT2D eigenvalue weighted by atomic mass is 32.2. The van der Waals surface area contributed by atoms with E-state index < -0.39 is 33.7 Å². The SMILES string of the molecule is CC(C)C(C)NC(=O)C(C)N(c1cccc(C(F)(F)F)c1)S(C)(=O)=O. The molecule has 9 heteroatoms. The van der Waals surface area contributed by atoms with Gasteiger partial charge in [-0.05, 0) is 38.0 Å². The van der Waals surface area contributed by atoms with Crippen LogP contribution in [0.5, 0.6) is 0 Å². The van der Waals surface area contributed by atoms with E-state index in [-0.39, 0.29) is 17.6 Å². The molecule has 0 heterocycles. The number of hydrogen-bond donors (Lipinski definition) is 1. The van der Waals surface area contributed by atoms with E-state index in [4.69, 9.17) is 0 Å². The summed E-state index contributed by atoms with van der Waals surface area (Å²) in [5, 5.41) is 2.68. The van der Waals surface area contributed by atoms with Crippen LogP contribution in [0.25, 0.3) is 0 Å². The molecule has 142 valence electrons. The summed E-state index contributed by atoms with van der Waals surface area (Å²) in [6.45, 7) is 6.88. The van der Waals surface area contributed by atoms with Gasteiger partial charge in [0, 0.05) is 6.04 Å². The van der Waals surface area contributed by atoms with Gasteiger partial charge >= 0.3 is 6.18 Å². The Balaban J connectivity index is 3.26. The Morgan fingerprint density at radius 3 is 2.16 bits per heavy atom. The summed E-state index contributed by atoms with van der Waals surface area (Å²) >= 11 is 0. The first-order chi connectivity index (χ1) is 11.2. The third kappa shape index (κ3) is 5.62. The minimum Gasteiger partial charge on any atom is -0.352 e. The molecule has 1 aromatic rings. The molecule has 0 aromatic heterocycles. The first kappa shape index (κ1) is 21.3. The molecule has 2 unspecified atom stereocenters. The fourth-order valence-corrected chi connectivity index (χ4v) is 3.31. The van der Waals surface area contributed by atoms with E-state index in [9.17, 15) is 26.4 Å². The fraction of sp³-hybridized carbons (Fsp3) is 0.562. The summed E-state index contributed by atoms with van der Waals surface area (Å²) in [6.07, 6.45) is -3.76. The maximum Gasteiger partial charge on any atom is 0.416 e. The molecule has 1 aromatic carbocycles. The molecule has 0 saturated heterocycles. The number of nitrogens with one attached hydrogen (secondary N) is 1. The van der Waals surface area contributed by atoms with Crippen LogP contribution in [0.2, 0.25) is 0 Å². The predicted molar refractivity (Wildman–Crippen MR) is 90.7 cm³/mol. The van der Waals surface area contributed by atoms with Gasteiger partial charge in [-0.25, -0.2) is 8.42 Å². The van der Waals surface area contributed by atoms with Crippen molar-refractivity contribution in [3.63, 3.8) is 0 Å². The molecule has 0 spiro atoms. The van der Waals surface area contributed by atoms with Crippen LogP contribution >= 0.6 is 0 Å². The number of amides is 1. The van der Waals surface area contributed by atoms with Gasteiger partial charge in [0.05, 0.1) is 17.5 Å². The molecule has 0 aliphatic carbocycles. The molecular weight excluding hydrogens is 357 g/mol. The van der Waals surface area contributed by atoms with Crippen LogP contribution in [0, 0.1) is 5.92 Å². The van der Waals surface area contributed by atoms with Gasteiger partial charge in [0.2, 0.25) is 15.9 Å². The summed E-state index contributed by atoms with van der Waals surface area (Å²) in [5.41, 5.74) is -1.20. The first-order valence-corrected chi connectivity index (χ1v) is 9.57. The first-order valence-electron chi connectivity index (χ1n) is 7.72. The molecule has 1 rings (SSSR count). The number of sulfonamides is 1. The second kappa shape index (κ2) is 7.63. The lowest BCUT2D eigenvalue weighted by atomic mass is 10.1. The largest absolute Gasteiger partial charge is 0.416 e. The molecule has 0 bridgehead atoms. The number of hydrogen-bond acceptors (Lipinski definition) is 3. The summed E-state index contributed by atoms with van der Waals surface area (Å²) < 4.78 is 63.6. The molecule has 0 saturated carbocycles. The normalized spacial score (nSPS) is 14.9. The van der Waals surface area contributed by atoms with Crippen molar-refractivity contribution in [1.82, 2.24) is 5.32 Å². The van der Waals surface area contributed by atoms with E-state index in [0.29, 0.717) is 4.31 Å². The molecule has 1 amide bonds. The minimum absolute atomic E-state index is 0.122. The van der Waals surface area contributed by atoms with Crippen molar-refractivity contribution >= 4 is 21.6 Å². The molecule has 5 nitrogen and oxygen atoms in total. The molecule has 0 aliphatic rings. The average molecular weight is 380 g/mol. The van der Waals surface area contributed by atoms with Gasteiger partial charge < -0.3 is 5.32 Å². The molecule has 1 N–H and O–H groups in total. The molecular formula is C16H23F3N2O3S. The minimum atomic E-state index is -4.61. The monoisotopic (exact) mass is 380 g/mol. The topological polar surface area (TPSA) is 66.5 Å². The second-order valence-corrected chi connectivity index (χ2v) is 8.18. The molecule has 2 atom stereocenters. The molecule has 25 heavy (non-hydrogen) atoms. The van der Waals surface area contributed by atoms with E-state index in [1.807, 2.05) is 13.8 Å². The maximum absolute atomic E-state index is 12.9. The average Bonchev–Trinajstić information content (AvgIpc) is 2.45. The molecule has 0 radical (unpaired) electrons. The predicted octanol–water partition coefficient (Wildman–Crippen LogP) is 3.02. The van der Waals surface area contributed by atoms with Gasteiger partial charge in [-0.15, -0.1) is 0 Å². The van der Waals surface area contributed by atoms with Crippen LogP contribution in [-0.4, -0.2) is 32.7 Å². The number of carbonyl (C=O) groups excluding carboxylic acids is 1. The van der Waals surface area contributed by atoms with Crippen molar-refractivity contribution in [3.05, 3.63) is 29.8 Å². The van der Waals surface area contributed by atoms with Crippen LogP contribution in [0.15, 0.2) is 24.3 Å². The highest BCUT2D eigenvalue weighted by Crippen LogP contribution is 2.32. The third-order valence-corrected chi connectivity index (χ3v) is 5.13.